The molecule has 0 amide bonds. The van der Waals surface area contributed by atoms with E-state index in [1.54, 1.807) is 6.07 Å². The Hall–Kier alpha value is -1.33. The summed E-state index contributed by atoms with van der Waals surface area (Å²) in [6, 6.07) is 16.2. The molecule has 2 heteroatoms. The Kier molecular flexibility index (Phi) is 4.68. The van der Waals surface area contributed by atoms with Crippen LogP contribution >= 0.6 is 7.92 Å². The third-order valence-corrected chi connectivity index (χ3v) is 7.24. The molecule has 22 heavy (non-hydrogen) atoms. The van der Waals surface area contributed by atoms with E-state index in [0.717, 1.165) is 11.1 Å². The number of para-hydroxylation sites is 1. The molecule has 0 heterocycles. The Morgan fingerprint density at radius 3 is 1.64 bits per heavy atom. The molecule has 118 valence electrons. The lowest BCUT2D eigenvalue weighted by Crippen LogP contribution is -2.31. The fourth-order valence-corrected chi connectivity index (χ4v) is 7.46. The molecule has 0 saturated carbocycles. The minimum atomic E-state index is -0.406. The van der Waals surface area contributed by atoms with Crippen LogP contribution in [-0.4, -0.2) is 15.4 Å². The van der Waals surface area contributed by atoms with Crippen molar-refractivity contribution in [3.8, 4) is 16.9 Å². The fourth-order valence-electron chi connectivity index (χ4n) is 3.33. The van der Waals surface area contributed by atoms with Crippen LogP contribution in [0.15, 0.2) is 48.5 Å². The van der Waals surface area contributed by atoms with Crippen LogP contribution in [0.2, 0.25) is 0 Å². The van der Waals surface area contributed by atoms with Crippen molar-refractivity contribution in [1.29, 1.82) is 0 Å². The first kappa shape index (κ1) is 17.0. The van der Waals surface area contributed by atoms with Crippen LogP contribution in [0, 0.1) is 0 Å². The summed E-state index contributed by atoms with van der Waals surface area (Å²) in [4.78, 5) is 0. The highest BCUT2D eigenvalue weighted by Gasteiger charge is 2.37. The van der Waals surface area contributed by atoms with E-state index in [1.807, 2.05) is 18.2 Å². The Labute approximate surface area is 136 Å². The first-order chi connectivity index (χ1) is 10.1. The van der Waals surface area contributed by atoms with Crippen LogP contribution in [0.3, 0.4) is 0 Å². The SMILES string of the molecule is CC(C)(C)P(c1ccccc1-c1ccccc1O)C(C)(C)C. The first-order valence-corrected chi connectivity index (χ1v) is 9.14. The van der Waals surface area contributed by atoms with Crippen molar-refractivity contribution < 1.29 is 5.11 Å². The highest BCUT2D eigenvalue weighted by atomic mass is 31.1. The number of benzene rings is 2. The molecule has 1 N–H and O–H groups in total. The van der Waals surface area contributed by atoms with Gasteiger partial charge in [0.2, 0.25) is 0 Å². The quantitative estimate of drug-likeness (QED) is 0.698. The van der Waals surface area contributed by atoms with Gasteiger partial charge >= 0.3 is 0 Å². The molecule has 0 aliphatic rings. The molecular formula is C20H27OP. The lowest BCUT2D eigenvalue weighted by Gasteiger charge is -2.42. The normalized spacial score (nSPS) is 12.7. The molecule has 0 aliphatic carbocycles. The third-order valence-electron chi connectivity index (χ3n) is 3.68. The summed E-state index contributed by atoms with van der Waals surface area (Å²) in [5.74, 6) is 0.354. The minimum absolute atomic E-state index is 0.202. The van der Waals surface area contributed by atoms with E-state index in [1.165, 1.54) is 5.30 Å². The Morgan fingerprint density at radius 1 is 0.682 bits per heavy atom. The van der Waals surface area contributed by atoms with E-state index < -0.39 is 7.92 Å². The molecule has 0 atom stereocenters. The second kappa shape index (κ2) is 6.05. The van der Waals surface area contributed by atoms with Gasteiger partial charge in [0.15, 0.2) is 0 Å². The van der Waals surface area contributed by atoms with Gasteiger partial charge < -0.3 is 5.11 Å². The summed E-state index contributed by atoms with van der Waals surface area (Å²) in [6.07, 6.45) is 0. The van der Waals surface area contributed by atoms with Crippen LogP contribution in [0.5, 0.6) is 5.75 Å². The van der Waals surface area contributed by atoms with Crippen LogP contribution < -0.4 is 5.30 Å². The van der Waals surface area contributed by atoms with Gasteiger partial charge in [0.05, 0.1) is 0 Å². The largest absolute Gasteiger partial charge is 0.507 e. The molecule has 0 aliphatic heterocycles. The maximum Gasteiger partial charge on any atom is 0.123 e. The number of rotatable bonds is 2. The van der Waals surface area contributed by atoms with Gasteiger partial charge in [0.1, 0.15) is 5.75 Å². The molecule has 0 fully saturated rings. The molecule has 0 radical (unpaired) electrons. The van der Waals surface area contributed by atoms with Gasteiger partial charge in [-0.3, -0.25) is 0 Å². The predicted molar refractivity (Wildman–Crippen MR) is 99.6 cm³/mol. The molecule has 0 saturated heterocycles. The molecule has 2 aromatic rings. The number of phenolic OH excluding ortho intramolecular Hbond substituents is 1. The molecule has 0 aromatic heterocycles. The standard InChI is InChI=1S/C20H27OP/c1-19(2,3)22(20(4,5)6)18-14-10-8-12-16(18)15-11-7-9-13-17(15)21/h7-14,21H,1-6H3. The Bertz CT molecular complexity index is 633. The average molecular weight is 314 g/mol. The van der Waals surface area contributed by atoms with E-state index >= 15 is 0 Å². The summed E-state index contributed by atoms with van der Waals surface area (Å²) in [5, 5.41) is 12.1. The van der Waals surface area contributed by atoms with Crippen molar-refractivity contribution >= 4 is 13.2 Å². The second-order valence-electron chi connectivity index (χ2n) is 7.71. The lowest BCUT2D eigenvalue weighted by molar-refractivity contribution is 0.477. The van der Waals surface area contributed by atoms with Gasteiger partial charge in [-0.25, -0.2) is 0 Å². The predicted octanol–water partition coefficient (Wildman–Crippen LogP) is 5.76. The molecule has 0 bridgehead atoms. The summed E-state index contributed by atoms with van der Waals surface area (Å²) in [5.41, 5.74) is 2.09. The smallest absolute Gasteiger partial charge is 0.123 e. The molecule has 1 nitrogen and oxygen atoms in total. The number of hydrogen-bond donors (Lipinski definition) is 1. The van der Waals surface area contributed by atoms with Crippen molar-refractivity contribution in [1.82, 2.24) is 0 Å². The summed E-state index contributed by atoms with van der Waals surface area (Å²) in [6.45, 7) is 13.9. The van der Waals surface area contributed by atoms with Gasteiger partial charge in [0.25, 0.3) is 0 Å². The molecule has 0 spiro atoms. The average Bonchev–Trinajstić information content (AvgIpc) is 2.37. The molecular weight excluding hydrogens is 287 g/mol. The van der Waals surface area contributed by atoms with Gasteiger partial charge in [0, 0.05) is 5.56 Å². The van der Waals surface area contributed by atoms with E-state index in [-0.39, 0.29) is 10.3 Å². The maximum absolute atomic E-state index is 10.3. The topological polar surface area (TPSA) is 20.2 Å². The fraction of sp³-hybridized carbons (Fsp3) is 0.400. The molecule has 2 aromatic carbocycles. The van der Waals surface area contributed by atoms with Crippen LogP contribution in [0.25, 0.3) is 11.1 Å². The van der Waals surface area contributed by atoms with Crippen LogP contribution in [0.1, 0.15) is 41.5 Å². The van der Waals surface area contributed by atoms with Gasteiger partial charge in [-0.05, 0) is 27.2 Å². The van der Waals surface area contributed by atoms with Crippen molar-refractivity contribution in [3.05, 3.63) is 48.5 Å². The number of hydrogen-bond acceptors (Lipinski definition) is 1. The third kappa shape index (κ3) is 3.52. The van der Waals surface area contributed by atoms with Crippen molar-refractivity contribution in [2.75, 3.05) is 0 Å². The van der Waals surface area contributed by atoms with E-state index in [2.05, 4.69) is 65.8 Å². The van der Waals surface area contributed by atoms with E-state index in [9.17, 15) is 5.11 Å². The summed E-state index contributed by atoms with van der Waals surface area (Å²) in [7, 11) is -0.406. The highest BCUT2D eigenvalue weighted by Crippen LogP contribution is 2.59. The van der Waals surface area contributed by atoms with Crippen molar-refractivity contribution in [3.63, 3.8) is 0 Å². The summed E-state index contributed by atoms with van der Waals surface area (Å²) >= 11 is 0. The maximum atomic E-state index is 10.3. The number of aromatic hydroxyl groups is 1. The Balaban J connectivity index is 2.69. The lowest BCUT2D eigenvalue weighted by atomic mass is 10.0. The van der Waals surface area contributed by atoms with Crippen LogP contribution in [0.4, 0.5) is 0 Å². The van der Waals surface area contributed by atoms with Crippen molar-refractivity contribution in [2.45, 2.75) is 51.9 Å². The molecule has 2 rings (SSSR count). The van der Waals surface area contributed by atoms with E-state index in [4.69, 9.17) is 0 Å². The van der Waals surface area contributed by atoms with Gasteiger partial charge in [-0.15, -0.1) is 0 Å². The first-order valence-electron chi connectivity index (χ1n) is 7.80. The number of phenols is 1. The zero-order valence-electron chi connectivity index (χ0n) is 14.5. The van der Waals surface area contributed by atoms with Crippen LogP contribution in [-0.2, 0) is 0 Å². The van der Waals surface area contributed by atoms with E-state index in [0.29, 0.717) is 5.75 Å². The zero-order chi connectivity index (χ0) is 16.5. The minimum Gasteiger partial charge on any atom is -0.507 e. The van der Waals surface area contributed by atoms with Crippen molar-refractivity contribution in [2.24, 2.45) is 0 Å². The monoisotopic (exact) mass is 314 g/mol. The zero-order valence-corrected chi connectivity index (χ0v) is 15.4. The summed E-state index contributed by atoms with van der Waals surface area (Å²) < 4.78 is 0. The van der Waals surface area contributed by atoms with Gasteiger partial charge in [-0.2, -0.15) is 0 Å². The highest BCUT2D eigenvalue weighted by molar-refractivity contribution is 7.68. The second-order valence-corrected chi connectivity index (χ2v) is 11.5. The van der Waals surface area contributed by atoms with Gasteiger partial charge in [-0.1, -0.05) is 91.9 Å². The Morgan fingerprint density at radius 2 is 1.14 bits per heavy atom. The molecule has 0 unspecified atom stereocenters.